The highest BCUT2D eigenvalue weighted by atomic mass is 16.5. The highest BCUT2D eigenvalue weighted by Gasteiger charge is 2.17. The van der Waals surface area contributed by atoms with Crippen LogP contribution in [0.3, 0.4) is 0 Å². The molecule has 2 aromatic rings. The number of hydrogen-bond donors (Lipinski definition) is 1. The second-order valence-electron chi connectivity index (χ2n) is 6.08. The number of aryl methyl sites for hydroxylation is 2. The topological polar surface area (TPSA) is 58.6 Å². The van der Waals surface area contributed by atoms with Gasteiger partial charge in [0.2, 0.25) is 0 Å². The van der Waals surface area contributed by atoms with Gasteiger partial charge in [-0.15, -0.1) is 0 Å². The summed E-state index contributed by atoms with van der Waals surface area (Å²) in [4.78, 5) is 26.7. The van der Waals surface area contributed by atoms with Crippen LogP contribution in [-0.2, 0) is 4.79 Å². The summed E-state index contributed by atoms with van der Waals surface area (Å²) < 4.78 is 5.68. The molecule has 0 aliphatic heterocycles. The SMILES string of the molecule is CCN(CC)C(=O)c1ccccc1NC(=O)COc1c(C)cccc1C. The fourth-order valence-corrected chi connectivity index (χ4v) is 2.81. The molecule has 138 valence electrons. The van der Waals surface area contributed by atoms with Crippen LogP contribution in [0.15, 0.2) is 42.5 Å². The van der Waals surface area contributed by atoms with Crippen molar-refractivity contribution in [3.05, 3.63) is 59.2 Å². The number of anilines is 1. The van der Waals surface area contributed by atoms with Crippen LogP contribution in [0, 0.1) is 13.8 Å². The number of nitrogens with one attached hydrogen (secondary N) is 1. The molecule has 5 nitrogen and oxygen atoms in total. The summed E-state index contributed by atoms with van der Waals surface area (Å²) in [7, 11) is 0. The molecule has 0 heterocycles. The van der Waals surface area contributed by atoms with Gasteiger partial charge in [0.05, 0.1) is 11.3 Å². The minimum Gasteiger partial charge on any atom is -0.483 e. The van der Waals surface area contributed by atoms with E-state index in [2.05, 4.69) is 5.32 Å². The Balaban J connectivity index is 2.09. The maximum absolute atomic E-state index is 12.6. The molecule has 0 saturated carbocycles. The Morgan fingerprint density at radius 3 is 2.19 bits per heavy atom. The third-order valence-corrected chi connectivity index (χ3v) is 4.24. The van der Waals surface area contributed by atoms with Crippen LogP contribution in [0.25, 0.3) is 0 Å². The number of benzene rings is 2. The van der Waals surface area contributed by atoms with E-state index in [-0.39, 0.29) is 18.4 Å². The van der Waals surface area contributed by atoms with E-state index in [1.54, 1.807) is 29.2 Å². The Morgan fingerprint density at radius 2 is 1.58 bits per heavy atom. The Hall–Kier alpha value is -2.82. The van der Waals surface area contributed by atoms with Crippen molar-refractivity contribution in [2.24, 2.45) is 0 Å². The van der Waals surface area contributed by atoms with Gasteiger partial charge in [-0.05, 0) is 51.0 Å². The van der Waals surface area contributed by atoms with Crippen LogP contribution < -0.4 is 10.1 Å². The summed E-state index contributed by atoms with van der Waals surface area (Å²) in [6.07, 6.45) is 0. The molecular weight excluding hydrogens is 328 g/mol. The molecule has 1 N–H and O–H groups in total. The van der Waals surface area contributed by atoms with Crippen molar-refractivity contribution >= 4 is 17.5 Å². The predicted molar refractivity (Wildman–Crippen MR) is 104 cm³/mol. The number of carbonyl (C=O) groups is 2. The molecule has 0 aliphatic carbocycles. The number of para-hydroxylation sites is 2. The highest BCUT2D eigenvalue weighted by Crippen LogP contribution is 2.22. The lowest BCUT2D eigenvalue weighted by molar-refractivity contribution is -0.118. The van der Waals surface area contributed by atoms with E-state index in [1.807, 2.05) is 45.9 Å². The zero-order valence-corrected chi connectivity index (χ0v) is 15.8. The number of carbonyl (C=O) groups excluding carboxylic acids is 2. The first-order valence-electron chi connectivity index (χ1n) is 8.85. The van der Waals surface area contributed by atoms with Gasteiger partial charge >= 0.3 is 0 Å². The van der Waals surface area contributed by atoms with Gasteiger partial charge < -0.3 is 15.0 Å². The first-order valence-corrected chi connectivity index (χ1v) is 8.85. The van der Waals surface area contributed by atoms with Crippen LogP contribution in [0.5, 0.6) is 5.75 Å². The highest BCUT2D eigenvalue weighted by molar-refractivity contribution is 6.04. The van der Waals surface area contributed by atoms with E-state index >= 15 is 0 Å². The molecule has 2 rings (SSSR count). The number of hydrogen-bond acceptors (Lipinski definition) is 3. The van der Waals surface area contributed by atoms with Gasteiger partial charge in [0, 0.05) is 13.1 Å². The zero-order valence-electron chi connectivity index (χ0n) is 15.8. The van der Waals surface area contributed by atoms with Gasteiger partial charge in [0.25, 0.3) is 11.8 Å². The molecule has 0 unspecified atom stereocenters. The summed E-state index contributed by atoms with van der Waals surface area (Å²) in [5.41, 5.74) is 2.95. The Labute approximate surface area is 155 Å². The zero-order chi connectivity index (χ0) is 19.1. The van der Waals surface area contributed by atoms with Gasteiger partial charge in [-0.1, -0.05) is 30.3 Å². The average Bonchev–Trinajstić information content (AvgIpc) is 2.62. The van der Waals surface area contributed by atoms with Crippen molar-refractivity contribution in [1.29, 1.82) is 0 Å². The summed E-state index contributed by atoms with van der Waals surface area (Å²) in [5, 5.41) is 2.79. The van der Waals surface area contributed by atoms with Crippen LogP contribution in [0.1, 0.15) is 35.3 Å². The first-order chi connectivity index (χ1) is 12.5. The molecule has 26 heavy (non-hydrogen) atoms. The molecule has 5 heteroatoms. The summed E-state index contributed by atoms with van der Waals surface area (Å²) in [6.45, 7) is 8.87. The van der Waals surface area contributed by atoms with E-state index in [1.165, 1.54) is 0 Å². The van der Waals surface area contributed by atoms with E-state index in [4.69, 9.17) is 4.74 Å². The lowest BCUT2D eigenvalue weighted by Gasteiger charge is -2.20. The Morgan fingerprint density at radius 1 is 0.962 bits per heavy atom. The number of rotatable bonds is 7. The molecule has 0 bridgehead atoms. The molecule has 0 fully saturated rings. The standard InChI is InChI=1S/C21H26N2O3/c1-5-23(6-2)21(25)17-12-7-8-13-18(17)22-19(24)14-26-20-15(3)10-9-11-16(20)4/h7-13H,5-6,14H2,1-4H3,(H,22,24). The third kappa shape index (κ3) is 4.63. The summed E-state index contributed by atoms with van der Waals surface area (Å²) in [6, 6.07) is 12.9. The van der Waals surface area contributed by atoms with Gasteiger partial charge in [-0.2, -0.15) is 0 Å². The number of ether oxygens (including phenoxy) is 1. The normalized spacial score (nSPS) is 10.3. The van der Waals surface area contributed by atoms with Crippen molar-refractivity contribution in [2.45, 2.75) is 27.7 Å². The summed E-state index contributed by atoms with van der Waals surface area (Å²) >= 11 is 0. The largest absolute Gasteiger partial charge is 0.483 e. The Kier molecular flexibility index (Phi) is 6.78. The maximum Gasteiger partial charge on any atom is 0.262 e. The molecule has 0 spiro atoms. The molecular formula is C21H26N2O3. The first kappa shape index (κ1) is 19.5. The van der Waals surface area contributed by atoms with Crippen molar-refractivity contribution < 1.29 is 14.3 Å². The van der Waals surface area contributed by atoms with Crippen molar-refractivity contribution in [1.82, 2.24) is 4.90 Å². The molecule has 0 aliphatic rings. The minimum absolute atomic E-state index is 0.0958. The van der Waals surface area contributed by atoms with E-state index in [0.717, 1.165) is 16.9 Å². The number of nitrogens with zero attached hydrogens (tertiary/aromatic N) is 1. The van der Waals surface area contributed by atoms with E-state index in [0.29, 0.717) is 24.3 Å². The van der Waals surface area contributed by atoms with Crippen LogP contribution >= 0.6 is 0 Å². The van der Waals surface area contributed by atoms with Crippen LogP contribution in [0.4, 0.5) is 5.69 Å². The minimum atomic E-state index is -0.299. The maximum atomic E-state index is 12.6. The second-order valence-corrected chi connectivity index (χ2v) is 6.08. The van der Waals surface area contributed by atoms with Gasteiger partial charge in [0.15, 0.2) is 6.61 Å². The Bertz CT molecular complexity index is 762. The molecule has 0 saturated heterocycles. The quantitative estimate of drug-likeness (QED) is 0.823. The van der Waals surface area contributed by atoms with Gasteiger partial charge in [0.1, 0.15) is 5.75 Å². The van der Waals surface area contributed by atoms with Crippen molar-refractivity contribution in [3.8, 4) is 5.75 Å². The van der Waals surface area contributed by atoms with Crippen LogP contribution in [-0.4, -0.2) is 36.4 Å². The molecule has 0 radical (unpaired) electrons. The van der Waals surface area contributed by atoms with Crippen molar-refractivity contribution in [3.63, 3.8) is 0 Å². The molecule has 2 aromatic carbocycles. The smallest absolute Gasteiger partial charge is 0.262 e. The molecule has 0 aromatic heterocycles. The monoisotopic (exact) mass is 354 g/mol. The van der Waals surface area contributed by atoms with Crippen molar-refractivity contribution in [2.75, 3.05) is 25.0 Å². The molecule has 0 atom stereocenters. The van der Waals surface area contributed by atoms with Crippen LogP contribution in [0.2, 0.25) is 0 Å². The summed E-state index contributed by atoms with van der Waals surface area (Å²) in [5.74, 6) is 0.323. The van der Waals surface area contributed by atoms with Gasteiger partial charge in [-0.3, -0.25) is 9.59 Å². The lowest BCUT2D eigenvalue weighted by atomic mass is 10.1. The second kappa shape index (κ2) is 9.04. The fraction of sp³-hybridized carbons (Fsp3) is 0.333. The lowest BCUT2D eigenvalue weighted by Crippen LogP contribution is -2.31. The fourth-order valence-electron chi connectivity index (χ4n) is 2.81. The average molecular weight is 354 g/mol. The van der Waals surface area contributed by atoms with E-state index < -0.39 is 0 Å². The van der Waals surface area contributed by atoms with E-state index in [9.17, 15) is 9.59 Å². The predicted octanol–water partition coefficient (Wildman–Crippen LogP) is 3.80. The number of amides is 2. The van der Waals surface area contributed by atoms with Gasteiger partial charge in [-0.25, -0.2) is 0 Å². The third-order valence-electron chi connectivity index (χ3n) is 4.24. The molecule has 2 amide bonds.